The molecule has 1 fully saturated rings. The molecule has 0 bridgehead atoms. The summed E-state index contributed by atoms with van der Waals surface area (Å²) in [5, 5.41) is 0.657. The number of rotatable bonds is 5. The fraction of sp³-hybridized carbons (Fsp3) is 0.316. The van der Waals surface area contributed by atoms with E-state index in [1.807, 2.05) is 36.4 Å². The van der Waals surface area contributed by atoms with E-state index in [0.717, 1.165) is 5.56 Å². The highest BCUT2D eigenvalue weighted by Crippen LogP contribution is 2.27. The SMILES string of the molecule is COc1ccccc1OCC(=O)N1CCOC(c2cccc(Cl)c2)C1. The van der Waals surface area contributed by atoms with Crippen molar-refractivity contribution in [3.8, 4) is 11.5 Å². The lowest BCUT2D eigenvalue weighted by Gasteiger charge is -2.33. The van der Waals surface area contributed by atoms with Crippen LogP contribution in [0.5, 0.6) is 11.5 Å². The van der Waals surface area contributed by atoms with Crippen molar-refractivity contribution in [1.29, 1.82) is 0 Å². The first-order valence-electron chi connectivity index (χ1n) is 8.08. The molecule has 1 heterocycles. The highest BCUT2D eigenvalue weighted by atomic mass is 35.5. The second kappa shape index (κ2) is 8.23. The molecule has 1 saturated heterocycles. The Labute approximate surface area is 152 Å². The first-order valence-corrected chi connectivity index (χ1v) is 8.46. The topological polar surface area (TPSA) is 48.0 Å². The third-order valence-electron chi connectivity index (χ3n) is 4.06. The zero-order valence-electron chi connectivity index (χ0n) is 14.0. The summed E-state index contributed by atoms with van der Waals surface area (Å²) in [7, 11) is 1.57. The predicted octanol–water partition coefficient (Wildman–Crippen LogP) is 3.33. The third kappa shape index (κ3) is 4.44. The zero-order chi connectivity index (χ0) is 17.6. The normalized spacial score (nSPS) is 17.2. The van der Waals surface area contributed by atoms with Gasteiger partial charge >= 0.3 is 0 Å². The number of morpholine rings is 1. The highest BCUT2D eigenvalue weighted by molar-refractivity contribution is 6.30. The number of nitrogens with zero attached hydrogens (tertiary/aromatic N) is 1. The third-order valence-corrected chi connectivity index (χ3v) is 4.29. The van der Waals surface area contributed by atoms with Gasteiger partial charge in [0.1, 0.15) is 6.10 Å². The van der Waals surface area contributed by atoms with Gasteiger partial charge in [0, 0.05) is 11.6 Å². The molecule has 1 aliphatic heterocycles. The van der Waals surface area contributed by atoms with Crippen molar-refractivity contribution in [3.05, 3.63) is 59.1 Å². The largest absolute Gasteiger partial charge is 0.493 e. The lowest BCUT2D eigenvalue weighted by Crippen LogP contribution is -2.44. The number of hydrogen-bond donors (Lipinski definition) is 0. The summed E-state index contributed by atoms with van der Waals surface area (Å²) in [6, 6.07) is 14.8. The van der Waals surface area contributed by atoms with Crippen LogP contribution in [0, 0.1) is 0 Å². The Bertz CT molecular complexity index is 737. The molecule has 6 heteroatoms. The van der Waals surface area contributed by atoms with Gasteiger partial charge in [0.05, 0.1) is 20.3 Å². The van der Waals surface area contributed by atoms with E-state index in [0.29, 0.717) is 36.2 Å². The predicted molar refractivity (Wildman–Crippen MR) is 95.2 cm³/mol. The summed E-state index contributed by atoms with van der Waals surface area (Å²) in [6.45, 7) is 1.47. The van der Waals surface area contributed by atoms with Gasteiger partial charge in [0.2, 0.25) is 0 Å². The molecule has 25 heavy (non-hydrogen) atoms. The van der Waals surface area contributed by atoms with E-state index in [1.165, 1.54) is 0 Å². The van der Waals surface area contributed by atoms with Crippen molar-refractivity contribution < 1.29 is 19.0 Å². The van der Waals surface area contributed by atoms with Crippen molar-refractivity contribution in [2.24, 2.45) is 0 Å². The van der Waals surface area contributed by atoms with Crippen molar-refractivity contribution >= 4 is 17.5 Å². The molecule has 0 spiro atoms. The Hall–Kier alpha value is -2.24. The maximum Gasteiger partial charge on any atom is 0.260 e. The number of amides is 1. The highest BCUT2D eigenvalue weighted by Gasteiger charge is 2.26. The van der Waals surface area contributed by atoms with E-state index < -0.39 is 0 Å². The molecule has 1 aliphatic rings. The summed E-state index contributed by atoms with van der Waals surface area (Å²) in [5.41, 5.74) is 0.968. The molecule has 0 aliphatic carbocycles. The van der Waals surface area contributed by atoms with E-state index in [-0.39, 0.29) is 18.6 Å². The Morgan fingerprint density at radius 1 is 1.24 bits per heavy atom. The Kier molecular flexibility index (Phi) is 5.79. The van der Waals surface area contributed by atoms with Gasteiger partial charge in [0.25, 0.3) is 5.91 Å². The number of hydrogen-bond acceptors (Lipinski definition) is 4. The molecule has 0 N–H and O–H groups in total. The van der Waals surface area contributed by atoms with Gasteiger partial charge < -0.3 is 19.1 Å². The number of halogens is 1. The molecule has 2 aromatic rings. The maximum absolute atomic E-state index is 12.5. The summed E-state index contributed by atoms with van der Waals surface area (Å²) in [4.78, 5) is 14.2. The fourth-order valence-corrected chi connectivity index (χ4v) is 2.95. The number of carbonyl (C=O) groups is 1. The molecule has 3 rings (SSSR count). The molecule has 0 radical (unpaired) electrons. The smallest absolute Gasteiger partial charge is 0.260 e. The second-order valence-electron chi connectivity index (χ2n) is 5.69. The second-order valence-corrected chi connectivity index (χ2v) is 6.13. The standard InChI is InChI=1S/C19H20ClNO4/c1-23-16-7-2-3-8-17(16)25-13-19(22)21-9-10-24-18(12-21)14-5-4-6-15(20)11-14/h2-8,11,18H,9-10,12-13H2,1H3. The van der Waals surface area contributed by atoms with Crippen molar-refractivity contribution in [2.45, 2.75) is 6.10 Å². The molecule has 132 valence electrons. The van der Waals surface area contributed by atoms with Gasteiger partial charge in [-0.2, -0.15) is 0 Å². The molecular weight excluding hydrogens is 342 g/mol. The van der Waals surface area contributed by atoms with Gasteiger partial charge in [-0.1, -0.05) is 35.9 Å². The summed E-state index contributed by atoms with van der Waals surface area (Å²) >= 11 is 6.04. The zero-order valence-corrected chi connectivity index (χ0v) is 14.7. The number of para-hydroxylation sites is 2. The lowest BCUT2D eigenvalue weighted by molar-refractivity contribution is -0.141. The van der Waals surface area contributed by atoms with E-state index in [9.17, 15) is 4.79 Å². The Morgan fingerprint density at radius 2 is 2.04 bits per heavy atom. The van der Waals surface area contributed by atoms with Crippen LogP contribution in [0.25, 0.3) is 0 Å². The molecular formula is C19H20ClNO4. The summed E-state index contributed by atoms with van der Waals surface area (Å²) in [6.07, 6.45) is -0.178. The first-order chi connectivity index (χ1) is 12.2. The lowest BCUT2D eigenvalue weighted by atomic mass is 10.1. The van der Waals surface area contributed by atoms with Crippen LogP contribution in [0.2, 0.25) is 5.02 Å². The Morgan fingerprint density at radius 3 is 2.80 bits per heavy atom. The van der Waals surface area contributed by atoms with Crippen LogP contribution in [0.15, 0.2) is 48.5 Å². The van der Waals surface area contributed by atoms with E-state index >= 15 is 0 Å². The number of ether oxygens (including phenoxy) is 3. The maximum atomic E-state index is 12.5. The van der Waals surface area contributed by atoms with Crippen LogP contribution in [-0.4, -0.2) is 44.2 Å². The summed E-state index contributed by atoms with van der Waals surface area (Å²) in [5.74, 6) is 1.08. The van der Waals surface area contributed by atoms with E-state index in [1.54, 1.807) is 24.1 Å². The molecule has 0 saturated carbocycles. The first kappa shape index (κ1) is 17.6. The average molecular weight is 362 g/mol. The Balaban J connectivity index is 1.60. The number of carbonyl (C=O) groups excluding carboxylic acids is 1. The minimum absolute atomic E-state index is 0.0390. The monoisotopic (exact) mass is 361 g/mol. The van der Waals surface area contributed by atoms with Gasteiger partial charge in [-0.3, -0.25) is 4.79 Å². The van der Waals surface area contributed by atoms with Gasteiger partial charge in [-0.15, -0.1) is 0 Å². The van der Waals surface area contributed by atoms with Crippen LogP contribution in [0.1, 0.15) is 11.7 Å². The minimum Gasteiger partial charge on any atom is -0.493 e. The minimum atomic E-state index is -0.178. The van der Waals surface area contributed by atoms with Crippen LogP contribution in [0.3, 0.4) is 0 Å². The number of benzene rings is 2. The van der Waals surface area contributed by atoms with Crippen molar-refractivity contribution in [1.82, 2.24) is 4.90 Å². The average Bonchev–Trinajstić information content (AvgIpc) is 2.66. The molecule has 0 aromatic heterocycles. The van der Waals surface area contributed by atoms with Crippen molar-refractivity contribution in [3.63, 3.8) is 0 Å². The van der Waals surface area contributed by atoms with Crippen LogP contribution >= 0.6 is 11.6 Å². The van der Waals surface area contributed by atoms with Gasteiger partial charge in [0.15, 0.2) is 18.1 Å². The fourth-order valence-electron chi connectivity index (χ4n) is 2.75. The van der Waals surface area contributed by atoms with Gasteiger partial charge in [-0.05, 0) is 29.8 Å². The van der Waals surface area contributed by atoms with Crippen LogP contribution < -0.4 is 9.47 Å². The quantitative estimate of drug-likeness (QED) is 0.819. The van der Waals surface area contributed by atoms with E-state index in [2.05, 4.69) is 0 Å². The molecule has 1 amide bonds. The van der Waals surface area contributed by atoms with E-state index in [4.69, 9.17) is 25.8 Å². The van der Waals surface area contributed by atoms with Crippen LogP contribution in [0.4, 0.5) is 0 Å². The van der Waals surface area contributed by atoms with Crippen molar-refractivity contribution in [2.75, 3.05) is 33.4 Å². The molecule has 5 nitrogen and oxygen atoms in total. The van der Waals surface area contributed by atoms with Gasteiger partial charge in [-0.25, -0.2) is 0 Å². The van der Waals surface area contributed by atoms with Crippen LogP contribution in [-0.2, 0) is 9.53 Å². The number of methoxy groups -OCH3 is 1. The molecule has 1 unspecified atom stereocenters. The summed E-state index contributed by atoms with van der Waals surface area (Å²) < 4.78 is 16.6. The molecule has 1 atom stereocenters. The molecule has 2 aromatic carbocycles.